The van der Waals surface area contributed by atoms with E-state index in [9.17, 15) is 0 Å². The third kappa shape index (κ3) is 5.50. The summed E-state index contributed by atoms with van der Waals surface area (Å²) in [6.45, 7) is 0. The molecule has 60 heavy (non-hydrogen) atoms. The molecule has 0 aromatic heterocycles. The fraction of sp³-hybridized carbons (Fsp3) is 0. The first kappa shape index (κ1) is 34.1. The molecule has 0 saturated carbocycles. The van der Waals surface area contributed by atoms with E-state index in [0.29, 0.717) is 0 Å². The van der Waals surface area contributed by atoms with Crippen molar-refractivity contribution in [1.29, 1.82) is 0 Å². The quantitative estimate of drug-likeness (QED) is 0.149. The second-order valence-corrected chi connectivity index (χ2v) is 15.7. The summed E-state index contributed by atoms with van der Waals surface area (Å²) in [7, 11) is 0. The summed E-state index contributed by atoms with van der Waals surface area (Å²) in [5.41, 5.74) is 9.27. The lowest BCUT2D eigenvalue weighted by Gasteiger charge is -2.28. The topological polar surface area (TPSA) is 6.48 Å². The number of fused-ring (bicyclic) bond motifs is 3. The van der Waals surface area contributed by atoms with Crippen molar-refractivity contribution in [3.05, 3.63) is 231 Å². The van der Waals surface area contributed by atoms with Gasteiger partial charge in [-0.05, 0) is 114 Å². The summed E-state index contributed by atoms with van der Waals surface area (Å²) in [5.74, 6) is 0. The largest absolute Gasteiger partial charge is 0.310 e. The minimum atomic E-state index is 1.11. The van der Waals surface area contributed by atoms with Crippen LogP contribution in [0, 0.1) is 0 Å². The van der Waals surface area contributed by atoms with Crippen LogP contribution in [0.5, 0.6) is 0 Å². The maximum absolute atomic E-state index is 2.42. The van der Waals surface area contributed by atoms with Crippen molar-refractivity contribution in [2.45, 2.75) is 0 Å². The second-order valence-electron chi connectivity index (χ2n) is 15.7. The summed E-state index contributed by atoms with van der Waals surface area (Å²) < 4.78 is 0. The monoisotopic (exact) mass is 762 g/mol. The normalized spacial score (nSPS) is 11.7. The third-order valence-corrected chi connectivity index (χ3v) is 12.3. The smallest absolute Gasteiger partial charge is 0.0540 e. The van der Waals surface area contributed by atoms with E-state index in [0.717, 1.165) is 34.1 Å². The molecule has 0 radical (unpaired) electrons. The molecule has 0 fully saturated rings. The molecule has 0 aliphatic heterocycles. The Balaban J connectivity index is 1.02. The van der Waals surface area contributed by atoms with Crippen LogP contribution in [0.4, 0.5) is 34.1 Å². The van der Waals surface area contributed by atoms with Crippen LogP contribution in [0.2, 0.25) is 0 Å². The summed E-state index contributed by atoms with van der Waals surface area (Å²) in [4.78, 5) is 4.84. The number of hydrogen-bond acceptors (Lipinski definition) is 2. The highest BCUT2D eigenvalue weighted by atomic mass is 15.1. The molecule has 0 atom stereocenters. The van der Waals surface area contributed by atoms with Crippen molar-refractivity contribution in [3.8, 4) is 11.1 Å². The molecular formula is C58H38N2. The van der Waals surface area contributed by atoms with Gasteiger partial charge in [0, 0.05) is 33.2 Å². The van der Waals surface area contributed by atoms with Gasteiger partial charge in [-0.1, -0.05) is 176 Å². The number of anilines is 6. The molecule has 2 heteroatoms. The zero-order chi connectivity index (χ0) is 39.6. The summed E-state index contributed by atoms with van der Waals surface area (Å²) in [5, 5.41) is 14.9. The number of benzene rings is 12. The second kappa shape index (κ2) is 13.9. The van der Waals surface area contributed by atoms with E-state index in [-0.39, 0.29) is 0 Å². The van der Waals surface area contributed by atoms with Gasteiger partial charge in [-0.25, -0.2) is 0 Å². The molecule has 2 nitrogen and oxygen atoms in total. The van der Waals surface area contributed by atoms with E-state index in [1.54, 1.807) is 0 Å². The Labute approximate surface area is 348 Å². The zero-order valence-corrected chi connectivity index (χ0v) is 32.8. The molecule has 0 heterocycles. The van der Waals surface area contributed by atoms with Crippen LogP contribution in [0.25, 0.3) is 75.8 Å². The third-order valence-electron chi connectivity index (χ3n) is 12.3. The van der Waals surface area contributed by atoms with Gasteiger partial charge in [0.2, 0.25) is 0 Å². The van der Waals surface area contributed by atoms with Crippen LogP contribution < -0.4 is 9.80 Å². The molecule has 0 amide bonds. The van der Waals surface area contributed by atoms with Crippen LogP contribution in [0.15, 0.2) is 231 Å². The Hall–Kier alpha value is -7.94. The van der Waals surface area contributed by atoms with Crippen LogP contribution in [-0.2, 0) is 0 Å². The van der Waals surface area contributed by atoms with Gasteiger partial charge in [-0.15, -0.1) is 0 Å². The van der Waals surface area contributed by atoms with Gasteiger partial charge in [0.05, 0.1) is 17.1 Å². The first-order chi connectivity index (χ1) is 29.8. The fourth-order valence-electron chi connectivity index (χ4n) is 9.56. The number of nitrogens with zero attached hydrogens (tertiary/aromatic N) is 2. The van der Waals surface area contributed by atoms with Crippen molar-refractivity contribution < 1.29 is 0 Å². The summed E-state index contributed by atoms with van der Waals surface area (Å²) in [6, 6.07) is 84.3. The predicted octanol–water partition coefficient (Wildman–Crippen LogP) is 16.7. The van der Waals surface area contributed by atoms with Gasteiger partial charge in [0.1, 0.15) is 0 Å². The molecule has 0 unspecified atom stereocenters. The van der Waals surface area contributed by atoms with E-state index >= 15 is 0 Å². The lowest BCUT2D eigenvalue weighted by molar-refractivity contribution is 1.30. The Morgan fingerprint density at radius 2 is 0.717 bits per heavy atom. The lowest BCUT2D eigenvalue weighted by atomic mass is 9.89. The SMILES string of the molecule is c1ccc(N(c2ccc3ccccc3c2)c2ccc3ccc4c(-c5ccc(N(c6cccc7ccccc67)c6cccc7ccccc67)cc5)ccc5ccc2c3c54)cc1. The maximum atomic E-state index is 2.42. The van der Waals surface area contributed by atoms with Crippen molar-refractivity contribution in [1.82, 2.24) is 0 Å². The average molecular weight is 763 g/mol. The maximum Gasteiger partial charge on any atom is 0.0540 e. The van der Waals surface area contributed by atoms with Gasteiger partial charge in [0.25, 0.3) is 0 Å². The van der Waals surface area contributed by atoms with Crippen LogP contribution >= 0.6 is 0 Å². The van der Waals surface area contributed by atoms with Gasteiger partial charge >= 0.3 is 0 Å². The van der Waals surface area contributed by atoms with Gasteiger partial charge in [0.15, 0.2) is 0 Å². The van der Waals surface area contributed by atoms with E-state index in [4.69, 9.17) is 0 Å². The van der Waals surface area contributed by atoms with Gasteiger partial charge in [-0.3, -0.25) is 0 Å². The molecule has 0 N–H and O–H groups in total. The van der Waals surface area contributed by atoms with Gasteiger partial charge < -0.3 is 9.80 Å². The van der Waals surface area contributed by atoms with E-state index in [2.05, 4.69) is 240 Å². The first-order valence-electron chi connectivity index (χ1n) is 20.7. The molecule has 0 aliphatic carbocycles. The lowest BCUT2D eigenvalue weighted by Crippen LogP contribution is -2.11. The molecule has 12 rings (SSSR count). The van der Waals surface area contributed by atoms with E-state index in [1.807, 2.05) is 0 Å². The minimum Gasteiger partial charge on any atom is -0.310 e. The molecule has 0 bridgehead atoms. The summed E-state index contributed by atoms with van der Waals surface area (Å²) >= 11 is 0. The average Bonchev–Trinajstić information content (AvgIpc) is 3.32. The van der Waals surface area contributed by atoms with E-state index in [1.165, 1.54) is 75.8 Å². The molecule has 0 saturated heterocycles. The number of para-hydroxylation sites is 1. The summed E-state index contributed by atoms with van der Waals surface area (Å²) in [6.07, 6.45) is 0. The van der Waals surface area contributed by atoms with Crippen LogP contribution in [-0.4, -0.2) is 0 Å². The number of hydrogen-bond donors (Lipinski definition) is 0. The highest BCUT2D eigenvalue weighted by Crippen LogP contribution is 2.47. The van der Waals surface area contributed by atoms with Crippen molar-refractivity contribution in [2.24, 2.45) is 0 Å². The minimum absolute atomic E-state index is 1.11. The zero-order valence-electron chi connectivity index (χ0n) is 32.8. The van der Waals surface area contributed by atoms with Crippen molar-refractivity contribution >= 4 is 98.8 Å². The Morgan fingerprint density at radius 1 is 0.233 bits per heavy atom. The Morgan fingerprint density at radius 3 is 1.42 bits per heavy atom. The molecule has 12 aromatic carbocycles. The Kier molecular flexibility index (Phi) is 7.89. The van der Waals surface area contributed by atoms with Crippen molar-refractivity contribution in [3.63, 3.8) is 0 Å². The molecule has 0 spiro atoms. The standard InChI is InChI=1S/C58H38N2/c1-2-18-46(19-3-1)59(48-33-24-39-12-4-5-15-45(39)38-48)56-37-30-44-28-35-52-49(34-27-43-29-36-53(56)58(44)57(43)52)42-25-31-47(32-26-42)60(54-22-10-16-40-13-6-8-20-50(40)54)55-23-11-17-41-14-7-9-21-51(41)55/h1-38H. The highest BCUT2D eigenvalue weighted by molar-refractivity contribution is 6.28. The Bertz CT molecular complexity index is 3460. The molecular weight excluding hydrogens is 725 g/mol. The highest BCUT2D eigenvalue weighted by Gasteiger charge is 2.21. The molecule has 280 valence electrons. The first-order valence-corrected chi connectivity index (χ1v) is 20.7. The van der Waals surface area contributed by atoms with Crippen molar-refractivity contribution in [2.75, 3.05) is 9.80 Å². The van der Waals surface area contributed by atoms with Crippen LogP contribution in [0.3, 0.4) is 0 Å². The number of rotatable bonds is 7. The van der Waals surface area contributed by atoms with E-state index < -0.39 is 0 Å². The molecule has 0 aliphatic rings. The van der Waals surface area contributed by atoms with Crippen LogP contribution in [0.1, 0.15) is 0 Å². The van der Waals surface area contributed by atoms with Gasteiger partial charge in [-0.2, -0.15) is 0 Å². The fourth-order valence-corrected chi connectivity index (χ4v) is 9.56. The predicted molar refractivity (Wildman–Crippen MR) is 257 cm³/mol. The molecule has 12 aromatic rings.